The first-order valence-corrected chi connectivity index (χ1v) is 38.3. The summed E-state index contributed by atoms with van der Waals surface area (Å²) in [5.41, 5.74) is 0. The van der Waals surface area contributed by atoms with Gasteiger partial charge in [-0.1, -0.05) is 53.4 Å². The predicted molar refractivity (Wildman–Crippen MR) is 212 cm³/mol. The zero-order chi connectivity index (χ0) is 35.1. The first kappa shape index (κ1) is 47.1. The van der Waals surface area contributed by atoms with E-state index in [0.717, 1.165) is 12.8 Å². The molecule has 10 heteroatoms. The number of hydrogen-bond acceptors (Lipinski definition) is 2. The second-order valence-corrected chi connectivity index (χ2v) is 51.0. The van der Waals surface area contributed by atoms with Gasteiger partial charge in [0.1, 0.15) is 0 Å². The molecule has 0 saturated heterocycles. The number of halogens is 2. The average molecular weight is 801 g/mol. The van der Waals surface area contributed by atoms with Crippen LogP contribution in [0.15, 0.2) is 0 Å². The van der Waals surface area contributed by atoms with Gasteiger partial charge in [-0.15, -0.1) is 0 Å². The van der Waals surface area contributed by atoms with Crippen molar-refractivity contribution in [2.45, 2.75) is 184 Å². The van der Waals surface area contributed by atoms with Crippen LogP contribution in [0.4, 0.5) is 5.73 Å². The first-order valence-electron chi connectivity index (χ1n) is 18.4. The molecular formula is C34H81F2N3Si4Sn. The normalized spacial score (nSPS) is 14.5. The molecule has 0 radical (unpaired) electrons. The van der Waals surface area contributed by atoms with Crippen LogP contribution in [0.5, 0.6) is 0 Å². The minimum absolute atomic E-state index is 0.588. The van der Waals surface area contributed by atoms with Crippen LogP contribution in [0.25, 0.3) is 0 Å². The Balaban J connectivity index is 0. The molecule has 0 unspecified atom stereocenters. The van der Waals surface area contributed by atoms with Crippen LogP contribution in [-0.4, -0.2) is 87.2 Å². The summed E-state index contributed by atoms with van der Waals surface area (Å²) in [4.78, 5) is 0. The predicted octanol–water partition coefficient (Wildman–Crippen LogP) is 12.0. The van der Waals surface area contributed by atoms with Gasteiger partial charge in [0, 0.05) is 0 Å². The number of hydrogen-bond donors (Lipinski definition) is 0. The van der Waals surface area contributed by atoms with Crippen LogP contribution in [0.3, 0.4) is 0 Å². The molecule has 44 heavy (non-hydrogen) atoms. The van der Waals surface area contributed by atoms with E-state index in [4.69, 9.17) is 0 Å². The quantitative estimate of drug-likeness (QED) is 0.0524. The van der Waals surface area contributed by atoms with Gasteiger partial charge in [-0.2, -0.15) is 0 Å². The summed E-state index contributed by atoms with van der Waals surface area (Å²) in [7, 11) is -9.12. The Kier molecular flexibility index (Phi) is 21.2. The van der Waals surface area contributed by atoms with Crippen molar-refractivity contribution in [3.8, 4) is 9.86 Å². The molecule has 0 amide bonds. The van der Waals surface area contributed by atoms with E-state index < -0.39 is 51.6 Å². The van der Waals surface area contributed by atoms with Gasteiger partial charge < -0.3 is 4.48 Å². The molecule has 0 aromatic carbocycles. The van der Waals surface area contributed by atoms with Crippen molar-refractivity contribution < 1.29 is 10.2 Å². The SMILES string of the molecule is CCCCC#[C][Sn-]([F])([F])([N]([Si](C)(C)C)[Si](C)(C)C)[N]([Si](C)(C)C)[Si](C)(C)C.CCCC[N+](CCCC)(CCCC)CCCC. The molecule has 0 fully saturated rings. The molecule has 0 aromatic heterocycles. The number of rotatable bonds is 20. The van der Waals surface area contributed by atoms with Crippen LogP contribution in [-0.2, 0) is 0 Å². The second kappa shape index (κ2) is 19.8. The molecule has 0 aliphatic heterocycles. The van der Waals surface area contributed by atoms with E-state index in [1.54, 1.807) is 0 Å². The smallest absolute Gasteiger partial charge is 0.0786 e. The maximum absolute atomic E-state index is 17.6. The fraction of sp³-hybridized carbons (Fsp3) is 0.941. The summed E-state index contributed by atoms with van der Waals surface area (Å²) < 4.78 is 43.1. The molecular weight excluding hydrogens is 719 g/mol. The fourth-order valence-corrected chi connectivity index (χ4v) is 76.7. The second-order valence-electron chi connectivity index (χ2n) is 17.3. The van der Waals surface area contributed by atoms with Crippen LogP contribution in [0.1, 0.15) is 105 Å². The zero-order valence-corrected chi connectivity index (χ0v) is 40.1. The van der Waals surface area contributed by atoms with E-state index in [1.807, 2.05) is 4.91 Å². The summed E-state index contributed by atoms with van der Waals surface area (Å²) >= 11 is -6.73. The largest absolute Gasteiger partial charge is 0.324 e. The van der Waals surface area contributed by atoms with Crippen molar-refractivity contribution in [2.75, 3.05) is 26.2 Å². The Labute approximate surface area is 284 Å². The molecule has 0 bridgehead atoms. The molecule has 0 N–H and O–H groups in total. The monoisotopic (exact) mass is 801 g/mol. The Hall–Kier alpha value is 0.966. The summed E-state index contributed by atoms with van der Waals surface area (Å²) in [5.74, 6) is 3.02. The van der Waals surface area contributed by atoms with Gasteiger partial charge in [-0.25, -0.2) is 0 Å². The molecule has 0 atom stereocenters. The molecule has 0 saturated carbocycles. The van der Waals surface area contributed by atoms with Crippen molar-refractivity contribution >= 4 is 51.6 Å². The van der Waals surface area contributed by atoms with Crippen molar-refractivity contribution in [1.29, 1.82) is 0 Å². The topological polar surface area (TPSA) is 6.48 Å². The van der Waals surface area contributed by atoms with Crippen molar-refractivity contribution in [3.63, 3.8) is 0 Å². The average Bonchev–Trinajstić information content (AvgIpc) is 2.82. The molecule has 0 aromatic rings. The standard InChI is InChI=1S/C16H36N.2C6H18NSi2.C6H9.2FH.Sn/c1-5-9-13-17(14-10-6-2,15-11-7-3)16-12-8-4;2*1-8(2,3)7-9(4,5)6;1-3-5-6-4-2;;;/h5-16H2,1-4H3;2*1-6H3;3,5-6H2,1H3;2*1H;/q+1;2*-1;;;;+3/p-2. The Morgan fingerprint density at radius 1 is 0.477 bits per heavy atom. The molecule has 266 valence electrons. The van der Waals surface area contributed by atoms with E-state index >= 15 is 5.73 Å². The van der Waals surface area contributed by atoms with Gasteiger partial charge in [0.05, 0.1) is 26.2 Å². The van der Waals surface area contributed by atoms with Crippen LogP contribution < -0.4 is 0 Å². The van der Waals surface area contributed by atoms with E-state index in [1.165, 1.54) is 82.0 Å². The molecule has 0 aliphatic carbocycles. The Morgan fingerprint density at radius 2 is 0.727 bits per heavy atom. The van der Waals surface area contributed by atoms with Crippen molar-refractivity contribution in [3.05, 3.63) is 0 Å². The maximum Gasteiger partial charge on any atom is 0.0786 e. The Bertz CT molecular complexity index is 749. The van der Waals surface area contributed by atoms with Gasteiger partial charge >= 0.3 is 177 Å². The number of unbranched alkanes of at least 4 members (excludes halogenated alkanes) is 6. The summed E-state index contributed by atoms with van der Waals surface area (Å²) in [6, 6.07) is 0. The third-order valence-corrected chi connectivity index (χ3v) is 61.0. The third kappa shape index (κ3) is 15.9. The van der Waals surface area contributed by atoms with Crippen molar-refractivity contribution in [1.82, 2.24) is 4.91 Å². The summed E-state index contributed by atoms with van der Waals surface area (Å²) in [6.45, 7) is 42.3. The number of quaternary nitrogens is 1. The van der Waals surface area contributed by atoms with Gasteiger partial charge in [-0.05, 0) is 25.7 Å². The van der Waals surface area contributed by atoms with E-state index in [-0.39, 0.29) is 0 Å². The number of nitrogens with zero attached hydrogens (tertiary/aromatic N) is 3. The maximum atomic E-state index is 17.6. The van der Waals surface area contributed by atoms with Crippen LogP contribution in [0.2, 0.25) is 78.6 Å². The van der Waals surface area contributed by atoms with Gasteiger partial charge in [0.2, 0.25) is 0 Å². The van der Waals surface area contributed by atoms with E-state index in [2.05, 4.69) is 123 Å². The third-order valence-electron chi connectivity index (χ3n) is 8.34. The fourth-order valence-electron chi connectivity index (χ4n) is 7.63. The summed E-state index contributed by atoms with van der Waals surface area (Å²) in [5, 5.41) is 0. The summed E-state index contributed by atoms with van der Waals surface area (Å²) in [6.07, 6.45) is 13.5. The van der Waals surface area contributed by atoms with Crippen LogP contribution >= 0.6 is 0 Å². The molecule has 3 nitrogen and oxygen atoms in total. The van der Waals surface area contributed by atoms with E-state index in [9.17, 15) is 0 Å². The van der Waals surface area contributed by atoms with E-state index in [0.29, 0.717) is 6.42 Å². The molecule has 0 aliphatic rings. The van der Waals surface area contributed by atoms with Crippen molar-refractivity contribution in [2.24, 2.45) is 0 Å². The minimum Gasteiger partial charge on any atom is -0.324 e. The van der Waals surface area contributed by atoms with Gasteiger partial charge in [-0.3, -0.25) is 0 Å². The first-order chi connectivity index (χ1) is 19.8. The molecule has 0 heterocycles. The van der Waals surface area contributed by atoms with Gasteiger partial charge in [0.25, 0.3) is 0 Å². The molecule has 0 spiro atoms. The van der Waals surface area contributed by atoms with Gasteiger partial charge in [0.15, 0.2) is 0 Å². The minimum atomic E-state index is -6.73. The Morgan fingerprint density at radius 3 is 0.932 bits per heavy atom. The molecule has 0 rings (SSSR count). The zero-order valence-electron chi connectivity index (χ0n) is 33.2. The van der Waals surface area contributed by atoms with Crippen LogP contribution in [0, 0.1) is 9.86 Å².